The summed E-state index contributed by atoms with van der Waals surface area (Å²) in [7, 11) is 0. The molecule has 140 valence electrons. The van der Waals surface area contributed by atoms with Gasteiger partial charge in [0.05, 0.1) is 17.1 Å². The Morgan fingerprint density at radius 2 is 1.52 bits per heavy atom. The Hall–Kier alpha value is -2.68. The zero-order valence-corrected chi connectivity index (χ0v) is 17.2. The van der Waals surface area contributed by atoms with Crippen molar-refractivity contribution in [1.29, 1.82) is 0 Å². The molecule has 27 heavy (non-hydrogen) atoms. The van der Waals surface area contributed by atoms with E-state index in [2.05, 4.69) is 76.1 Å². The van der Waals surface area contributed by atoms with E-state index in [1.807, 2.05) is 30.0 Å². The Bertz CT molecular complexity index is 935. The monoisotopic (exact) mass is 359 g/mol. The highest BCUT2D eigenvalue weighted by molar-refractivity contribution is 5.87. The first kappa shape index (κ1) is 19.1. The van der Waals surface area contributed by atoms with E-state index < -0.39 is 0 Å². The molecule has 0 fully saturated rings. The summed E-state index contributed by atoms with van der Waals surface area (Å²) in [6.45, 7) is 13.0. The molecule has 0 N–H and O–H groups in total. The predicted octanol–water partition coefficient (Wildman–Crippen LogP) is 6.49. The lowest BCUT2D eigenvalue weighted by atomic mass is 9.93. The number of aromatic nitrogens is 2. The van der Waals surface area contributed by atoms with Crippen LogP contribution in [0.5, 0.6) is 0 Å². The molecule has 0 radical (unpaired) electrons. The average molecular weight is 360 g/mol. The first-order valence-electron chi connectivity index (χ1n) is 9.68. The van der Waals surface area contributed by atoms with Crippen molar-refractivity contribution in [3.8, 4) is 5.69 Å². The van der Waals surface area contributed by atoms with Crippen molar-refractivity contribution >= 4 is 11.9 Å². The van der Waals surface area contributed by atoms with Crippen molar-refractivity contribution in [1.82, 2.24) is 9.78 Å². The molecule has 0 spiro atoms. The van der Waals surface area contributed by atoms with Gasteiger partial charge < -0.3 is 0 Å². The molecule has 3 aromatic rings. The molecular weight excluding hydrogens is 330 g/mol. The van der Waals surface area contributed by atoms with Gasteiger partial charge in [-0.1, -0.05) is 64.1 Å². The highest BCUT2D eigenvalue weighted by Crippen LogP contribution is 2.34. The molecule has 3 rings (SSSR count). The fourth-order valence-corrected chi connectivity index (χ4v) is 3.46. The summed E-state index contributed by atoms with van der Waals surface area (Å²) in [4.78, 5) is 4.98. The third kappa shape index (κ3) is 4.02. The van der Waals surface area contributed by atoms with Crippen LogP contribution in [0, 0.1) is 13.8 Å². The van der Waals surface area contributed by atoms with Crippen molar-refractivity contribution in [3.05, 3.63) is 76.6 Å². The van der Waals surface area contributed by atoms with Crippen LogP contribution in [0.4, 0.5) is 5.69 Å². The molecule has 1 heterocycles. The van der Waals surface area contributed by atoms with Crippen LogP contribution in [0.15, 0.2) is 53.5 Å². The Kier molecular flexibility index (Phi) is 5.59. The summed E-state index contributed by atoms with van der Waals surface area (Å²) in [6, 6.07) is 16.9. The van der Waals surface area contributed by atoms with Gasteiger partial charge in [0.15, 0.2) is 0 Å². The van der Waals surface area contributed by atoms with Gasteiger partial charge in [-0.15, -0.1) is 0 Å². The summed E-state index contributed by atoms with van der Waals surface area (Å²) in [5.74, 6) is 0.865. The predicted molar refractivity (Wildman–Crippen MR) is 115 cm³/mol. The number of aryl methyl sites for hydroxylation is 2. The van der Waals surface area contributed by atoms with Crippen LogP contribution in [-0.4, -0.2) is 16.0 Å². The topological polar surface area (TPSA) is 30.2 Å². The minimum atomic E-state index is 0.433. The second kappa shape index (κ2) is 7.91. The van der Waals surface area contributed by atoms with Crippen molar-refractivity contribution in [2.24, 2.45) is 4.99 Å². The smallest absolute Gasteiger partial charge is 0.0736 e. The van der Waals surface area contributed by atoms with Crippen LogP contribution in [0.1, 0.15) is 67.6 Å². The van der Waals surface area contributed by atoms with Gasteiger partial charge in [0, 0.05) is 17.5 Å². The normalized spacial score (nSPS) is 11.9. The Morgan fingerprint density at radius 1 is 0.889 bits per heavy atom. The maximum absolute atomic E-state index is 4.98. The Morgan fingerprint density at radius 3 is 2.07 bits per heavy atom. The summed E-state index contributed by atoms with van der Waals surface area (Å²) >= 11 is 0. The number of aliphatic imine (C=N–C) groups is 1. The van der Waals surface area contributed by atoms with E-state index in [1.165, 1.54) is 11.1 Å². The number of hydrogen-bond donors (Lipinski definition) is 0. The summed E-state index contributed by atoms with van der Waals surface area (Å²) in [5, 5.41) is 4.64. The van der Waals surface area contributed by atoms with Crippen LogP contribution in [0.2, 0.25) is 0 Å². The van der Waals surface area contributed by atoms with Crippen LogP contribution in [-0.2, 0) is 0 Å². The van der Waals surface area contributed by atoms with E-state index in [1.54, 1.807) is 0 Å². The van der Waals surface area contributed by atoms with E-state index in [0.29, 0.717) is 11.8 Å². The number of rotatable bonds is 5. The van der Waals surface area contributed by atoms with Crippen molar-refractivity contribution in [2.75, 3.05) is 0 Å². The van der Waals surface area contributed by atoms with Gasteiger partial charge in [0.1, 0.15) is 0 Å². The second-order valence-electron chi connectivity index (χ2n) is 7.75. The van der Waals surface area contributed by atoms with Gasteiger partial charge >= 0.3 is 0 Å². The van der Waals surface area contributed by atoms with Crippen LogP contribution in [0.25, 0.3) is 5.69 Å². The molecule has 0 unspecified atom stereocenters. The fraction of sp³-hybridized carbons (Fsp3) is 0.333. The maximum atomic E-state index is 4.98. The summed E-state index contributed by atoms with van der Waals surface area (Å²) in [6.07, 6.45) is 1.98. The van der Waals surface area contributed by atoms with Gasteiger partial charge in [0.2, 0.25) is 0 Å². The van der Waals surface area contributed by atoms with Gasteiger partial charge in [-0.25, -0.2) is 4.68 Å². The minimum Gasteiger partial charge on any atom is -0.256 e. The van der Waals surface area contributed by atoms with Crippen molar-refractivity contribution < 1.29 is 0 Å². The molecule has 0 atom stereocenters. The highest BCUT2D eigenvalue weighted by atomic mass is 15.3. The second-order valence-corrected chi connectivity index (χ2v) is 7.75. The lowest BCUT2D eigenvalue weighted by molar-refractivity contribution is 0.831. The van der Waals surface area contributed by atoms with Crippen LogP contribution < -0.4 is 0 Å². The molecule has 0 aliphatic heterocycles. The molecule has 0 aliphatic carbocycles. The molecule has 0 saturated carbocycles. The van der Waals surface area contributed by atoms with Gasteiger partial charge in [-0.2, -0.15) is 5.10 Å². The zero-order valence-electron chi connectivity index (χ0n) is 17.2. The van der Waals surface area contributed by atoms with E-state index in [-0.39, 0.29) is 0 Å². The molecule has 0 aliphatic rings. The highest BCUT2D eigenvalue weighted by Gasteiger charge is 2.13. The third-order valence-electron chi connectivity index (χ3n) is 4.85. The first-order chi connectivity index (χ1) is 12.9. The van der Waals surface area contributed by atoms with Gasteiger partial charge in [-0.05, 0) is 48.9 Å². The maximum Gasteiger partial charge on any atom is 0.0736 e. The van der Waals surface area contributed by atoms with Gasteiger partial charge in [-0.3, -0.25) is 4.99 Å². The SMILES string of the molecule is Cc1cc(C)n(-c2ccccc2C=Nc2c(C(C)C)cccc2C(C)C)n1. The standard InChI is InChI=1S/C24H29N3/c1-16(2)21-11-9-12-22(17(3)4)24(21)25-15-20-10-7-8-13-23(20)27-19(6)14-18(5)26-27/h7-17H,1-6H3. The lowest BCUT2D eigenvalue weighted by Gasteiger charge is -2.16. The average Bonchev–Trinajstić information content (AvgIpc) is 2.97. The van der Waals surface area contributed by atoms with Crippen molar-refractivity contribution in [2.45, 2.75) is 53.4 Å². The van der Waals surface area contributed by atoms with E-state index in [4.69, 9.17) is 4.99 Å². The van der Waals surface area contributed by atoms with E-state index in [0.717, 1.165) is 28.3 Å². The van der Waals surface area contributed by atoms with E-state index >= 15 is 0 Å². The molecule has 0 saturated heterocycles. The summed E-state index contributed by atoms with van der Waals surface area (Å²) < 4.78 is 1.99. The molecule has 1 aromatic heterocycles. The summed E-state index contributed by atoms with van der Waals surface area (Å²) in [5.41, 5.74) is 7.95. The number of para-hydroxylation sites is 2. The number of benzene rings is 2. The number of nitrogens with zero attached hydrogens (tertiary/aromatic N) is 3. The van der Waals surface area contributed by atoms with Crippen LogP contribution in [0.3, 0.4) is 0 Å². The first-order valence-corrected chi connectivity index (χ1v) is 9.68. The Labute approximate surface area is 162 Å². The van der Waals surface area contributed by atoms with E-state index in [9.17, 15) is 0 Å². The molecule has 0 bridgehead atoms. The van der Waals surface area contributed by atoms with Crippen molar-refractivity contribution in [3.63, 3.8) is 0 Å². The molecule has 3 heteroatoms. The zero-order chi connectivity index (χ0) is 19.6. The van der Waals surface area contributed by atoms with Gasteiger partial charge in [0.25, 0.3) is 0 Å². The number of hydrogen-bond acceptors (Lipinski definition) is 2. The quantitative estimate of drug-likeness (QED) is 0.479. The van der Waals surface area contributed by atoms with Crippen LogP contribution >= 0.6 is 0 Å². The minimum absolute atomic E-state index is 0.433. The molecule has 3 nitrogen and oxygen atoms in total. The fourth-order valence-electron chi connectivity index (χ4n) is 3.46. The molecule has 0 amide bonds. The molecular formula is C24H29N3. The lowest BCUT2D eigenvalue weighted by Crippen LogP contribution is -2.03. The molecule has 2 aromatic carbocycles. The largest absolute Gasteiger partial charge is 0.256 e. The Balaban J connectivity index is 2.10. The third-order valence-corrected chi connectivity index (χ3v) is 4.85.